The molecule has 0 bridgehead atoms. The van der Waals surface area contributed by atoms with Crippen LogP contribution in [0.4, 0.5) is 0 Å². The number of benzene rings is 1. The average molecular weight is 249 g/mol. The van der Waals surface area contributed by atoms with Gasteiger partial charge in [-0.1, -0.05) is 50.1 Å². The summed E-state index contributed by atoms with van der Waals surface area (Å²) in [5.74, 6) is 0. The Hall–Kier alpha value is -0.603. The maximum absolute atomic E-state index is 5.88. The molecule has 0 saturated heterocycles. The van der Waals surface area contributed by atoms with E-state index in [4.69, 9.17) is 4.43 Å². The average Bonchev–Trinajstić information content (AvgIpc) is 2.37. The minimum absolute atomic E-state index is 0.528. The molecule has 1 aromatic carbocycles. The number of hydrogen-bond donors (Lipinski definition) is 0. The van der Waals surface area contributed by atoms with Gasteiger partial charge in [0.2, 0.25) is 9.04 Å². The first-order chi connectivity index (χ1) is 8.36. The van der Waals surface area contributed by atoms with Crippen molar-refractivity contribution in [3.05, 3.63) is 35.9 Å². The fourth-order valence-corrected chi connectivity index (χ4v) is 4.25. The van der Waals surface area contributed by atoms with Gasteiger partial charge in [-0.3, -0.25) is 0 Å². The predicted octanol–water partition coefficient (Wildman–Crippen LogP) is 4.45. The lowest BCUT2D eigenvalue weighted by Crippen LogP contribution is -2.17. The zero-order chi connectivity index (χ0) is 12.3. The van der Waals surface area contributed by atoms with E-state index in [2.05, 4.69) is 44.2 Å². The topological polar surface area (TPSA) is 9.23 Å². The molecule has 0 fully saturated rings. The van der Waals surface area contributed by atoms with Crippen LogP contribution in [0.15, 0.2) is 30.3 Å². The summed E-state index contributed by atoms with van der Waals surface area (Å²) < 4.78 is 5.88. The summed E-state index contributed by atoms with van der Waals surface area (Å²) in [6.07, 6.45) is 5.11. The van der Waals surface area contributed by atoms with E-state index in [0.29, 0.717) is 0 Å². The highest BCUT2D eigenvalue weighted by molar-refractivity contribution is 6.51. The standard InChI is InChI=1S/C15H25OSi/c1-3-5-13-17(16-4-2)14-9-12-15-10-7-6-8-11-15/h6-8,10-11H,3-5,9,12-14H2,1-2H3. The van der Waals surface area contributed by atoms with Crippen molar-refractivity contribution in [1.82, 2.24) is 0 Å². The molecule has 95 valence electrons. The lowest BCUT2D eigenvalue weighted by Gasteiger charge is -2.13. The van der Waals surface area contributed by atoms with Crippen molar-refractivity contribution in [2.24, 2.45) is 0 Å². The van der Waals surface area contributed by atoms with Gasteiger partial charge in [0.15, 0.2) is 0 Å². The van der Waals surface area contributed by atoms with Crippen LogP contribution < -0.4 is 0 Å². The molecule has 1 nitrogen and oxygen atoms in total. The van der Waals surface area contributed by atoms with Crippen molar-refractivity contribution in [2.45, 2.75) is 51.6 Å². The molecule has 0 amide bonds. The number of hydrogen-bond acceptors (Lipinski definition) is 1. The second-order valence-electron chi connectivity index (χ2n) is 4.41. The first kappa shape index (κ1) is 14.5. The molecule has 0 spiro atoms. The molecule has 2 heteroatoms. The van der Waals surface area contributed by atoms with Gasteiger partial charge >= 0.3 is 0 Å². The molecule has 0 aliphatic heterocycles. The van der Waals surface area contributed by atoms with Gasteiger partial charge in [0.25, 0.3) is 0 Å². The van der Waals surface area contributed by atoms with Gasteiger partial charge in [-0.25, -0.2) is 0 Å². The Morgan fingerprint density at radius 2 is 1.71 bits per heavy atom. The van der Waals surface area contributed by atoms with Crippen molar-refractivity contribution in [3.8, 4) is 0 Å². The summed E-state index contributed by atoms with van der Waals surface area (Å²) >= 11 is 0. The van der Waals surface area contributed by atoms with E-state index in [1.807, 2.05) is 0 Å². The molecule has 0 aromatic heterocycles. The first-order valence-electron chi connectivity index (χ1n) is 6.88. The molecule has 0 heterocycles. The van der Waals surface area contributed by atoms with Crippen molar-refractivity contribution in [2.75, 3.05) is 6.61 Å². The summed E-state index contributed by atoms with van der Waals surface area (Å²) in [7, 11) is -0.528. The molecule has 1 radical (unpaired) electrons. The highest BCUT2D eigenvalue weighted by atomic mass is 28.3. The van der Waals surface area contributed by atoms with Crippen molar-refractivity contribution in [1.29, 1.82) is 0 Å². The molecular formula is C15H25OSi. The zero-order valence-corrected chi connectivity index (χ0v) is 12.2. The van der Waals surface area contributed by atoms with Gasteiger partial charge in [0, 0.05) is 6.61 Å². The third-order valence-electron chi connectivity index (χ3n) is 2.92. The van der Waals surface area contributed by atoms with E-state index < -0.39 is 9.04 Å². The van der Waals surface area contributed by atoms with E-state index in [1.165, 1.54) is 43.3 Å². The number of rotatable bonds is 9. The highest BCUT2D eigenvalue weighted by Gasteiger charge is 2.11. The van der Waals surface area contributed by atoms with Crippen LogP contribution >= 0.6 is 0 Å². The number of unbranched alkanes of at least 4 members (excludes halogenated alkanes) is 1. The SMILES string of the molecule is CCCC[Si](CCCc1ccccc1)OCC. The van der Waals surface area contributed by atoms with Crippen LogP contribution in [0, 0.1) is 0 Å². The Balaban J connectivity index is 2.22. The van der Waals surface area contributed by atoms with E-state index in [-0.39, 0.29) is 0 Å². The van der Waals surface area contributed by atoms with E-state index in [1.54, 1.807) is 0 Å². The summed E-state index contributed by atoms with van der Waals surface area (Å²) in [5.41, 5.74) is 1.46. The van der Waals surface area contributed by atoms with Gasteiger partial charge in [0.1, 0.15) is 0 Å². The van der Waals surface area contributed by atoms with Crippen LogP contribution in [0.5, 0.6) is 0 Å². The van der Waals surface area contributed by atoms with Gasteiger partial charge in [-0.2, -0.15) is 0 Å². The van der Waals surface area contributed by atoms with Crippen LogP contribution in [0.2, 0.25) is 12.1 Å². The molecule has 1 rings (SSSR count). The van der Waals surface area contributed by atoms with Crippen LogP contribution in [0.3, 0.4) is 0 Å². The van der Waals surface area contributed by atoms with Crippen molar-refractivity contribution >= 4 is 9.04 Å². The zero-order valence-electron chi connectivity index (χ0n) is 11.2. The lowest BCUT2D eigenvalue weighted by molar-refractivity contribution is 0.339. The van der Waals surface area contributed by atoms with Crippen molar-refractivity contribution in [3.63, 3.8) is 0 Å². The van der Waals surface area contributed by atoms with Crippen LogP contribution in [0.25, 0.3) is 0 Å². The molecule has 0 atom stereocenters. The largest absolute Gasteiger partial charge is 0.417 e. The van der Waals surface area contributed by atoms with E-state index in [9.17, 15) is 0 Å². The maximum atomic E-state index is 5.88. The highest BCUT2D eigenvalue weighted by Crippen LogP contribution is 2.12. The third kappa shape index (κ3) is 6.64. The van der Waals surface area contributed by atoms with E-state index >= 15 is 0 Å². The Bertz CT molecular complexity index is 274. The lowest BCUT2D eigenvalue weighted by atomic mass is 10.1. The summed E-state index contributed by atoms with van der Waals surface area (Å²) in [6.45, 7) is 5.27. The summed E-state index contributed by atoms with van der Waals surface area (Å²) in [5, 5.41) is 0. The van der Waals surface area contributed by atoms with Crippen LogP contribution in [-0.2, 0) is 10.8 Å². The molecule has 17 heavy (non-hydrogen) atoms. The van der Waals surface area contributed by atoms with Gasteiger partial charge in [-0.15, -0.1) is 0 Å². The quantitative estimate of drug-likeness (QED) is 0.588. The van der Waals surface area contributed by atoms with Gasteiger partial charge < -0.3 is 4.43 Å². The van der Waals surface area contributed by atoms with Crippen LogP contribution in [0.1, 0.15) is 38.7 Å². The monoisotopic (exact) mass is 249 g/mol. The smallest absolute Gasteiger partial charge is 0.211 e. The Morgan fingerprint density at radius 3 is 2.35 bits per heavy atom. The first-order valence-corrected chi connectivity index (χ1v) is 8.70. The molecule has 0 N–H and O–H groups in total. The Labute approximate surface area is 108 Å². The molecule has 0 aliphatic rings. The Kier molecular flexibility index (Phi) is 8.02. The normalized spacial score (nSPS) is 11.0. The number of aryl methyl sites for hydroxylation is 1. The second kappa shape index (κ2) is 9.43. The van der Waals surface area contributed by atoms with Crippen molar-refractivity contribution < 1.29 is 4.43 Å². The fraction of sp³-hybridized carbons (Fsp3) is 0.600. The molecule has 0 aliphatic carbocycles. The Morgan fingerprint density at radius 1 is 1.00 bits per heavy atom. The summed E-state index contributed by atoms with van der Waals surface area (Å²) in [4.78, 5) is 0. The molecule has 0 saturated carbocycles. The van der Waals surface area contributed by atoms with E-state index in [0.717, 1.165) is 6.61 Å². The molecular weight excluding hydrogens is 224 g/mol. The maximum Gasteiger partial charge on any atom is 0.211 e. The van der Waals surface area contributed by atoms with Crippen LogP contribution in [-0.4, -0.2) is 15.6 Å². The third-order valence-corrected chi connectivity index (χ3v) is 5.44. The molecule has 1 aromatic rings. The second-order valence-corrected chi connectivity index (χ2v) is 6.78. The minimum atomic E-state index is -0.528. The van der Waals surface area contributed by atoms with Gasteiger partial charge in [0.05, 0.1) is 0 Å². The summed E-state index contributed by atoms with van der Waals surface area (Å²) in [6, 6.07) is 13.4. The predicted molar refractivity (Wildman–Crippen MR) is 76.7 cm³/mol. The molecule has 0 unspecified atom stereocenters. The fourth-order valence-electron chi connectivity index (χ4n) is 1.98. The minimum Gasteiger partial charge on any atom is -0.417 e. The van der Waals surface area contributed by atoms with Gasteiger partial charge in [-0.05, 0) is 37.4 Å².